The summed E-state index contributed by atoms with van der Waals surface area (Å²) < 4.78 is 1.34. The van der Waals surface area contributed by atoms with E-state index in [1.165, 1.54) is 29.9 Å². The lowest BCUT2D eigenvalue weighted by atomic mass is 9.91. The molecule has 0 aromatic rings. The van der Waals surface area contributed by atoms with Gasteiger partial charge in [-0.2, -0.15) is 14.3 Å². The van der Waals surface area contributed by atoms with Crippen LogP contribution in [-0.2, 0) is 9.59 Å². The minimum atomic E-state index is -1.09. The number of carbonyl (C=O) groups is 3. The third-order valence-corrected chi connectivity index (χ3v) is 2.90. The molecule has 1 atom stereocenters. The number of carboxylic acid groups (broad SMARTS) is 1. The molecule has 0 saturated heterocycles. The van der Waals surface area contributed by atoms with Crippen molar-refractivity contribution in [3.8, 4) is 0 Å². The van der Waals surface area contributed by atoms with Crippen molar-refractivity contribution in [3.63, 3.8) is 0 Å². The van der Waals surface area contributed by atoms with E-state index in [2.05, 4.69) is 0 Å². The summed E-state index contributed by atoms with van der Waals surface area (Å²) in [6.07, 6.45) is 4.24. The molecule has 1 heterocycles. The molecule has 0 radical (unpaired) electrons. The lowest BCUT2D eigenvalue weighted by Crippen LogP contribution is -2.51. The van der Waals surface area contributed by atoms with Crippen molar-refractivity contribution in [2.75, 3.05) is 14.1 Å². The van der Waals surface area contributed by atoms with Crippen molar-refractivity contribution >= 4 is 23.6 Å². The number of urea groups is 1. The van der Waals surface area contributed by atoms with Gasteiger partial charge in [0, 0.05) is 0 Å². The first-order valence-electron chi connectivity index (χ1n) is 4.98. The molecule has 1 N–H and O–H groups in total. The Morgan fingerprint density at radius 2 is 2.06 bits per heavy atom. The van der Waals surface area contributed by atoms with E-state index in [1.54, 1.807) is 7.05 Å². The van der Waals surface area contributed by atoms with Crippen LogP contribution in [-0.4, -0.2) is 52.3 Å². The van der Waals surface area contributed by atoms with Gasteiger partial charge in [0.05, 0.1) is 19.7 Å². The first-order valence-corrected chi connectivity index (χ1v) is 4.98. The fourth-order valence-electron chi connectivity index (χ4n) is 1.90. The molecular formula is C11H11N2O4+. The highest BCUT2D eigenvalue weighted by atomic mass is 16.4. The van der Waals surface area contributed by atoms with Crippen molar-refractivity contribution < 1.29 is 24.1 Å². The first kappa shape index (κ1) is 11.3. The number of nitrogens with zero attached hydrogens (tertiary/aromatic N) is 2. The maximum Gasteiger partial charge on any atom is 0.500 e. The minimum absolute atomic E-state index is 0.0586. The molecule has 6 nitrogen and oxygen atoms in total. The number of carbonyl (C=O) groups excluding carboxylic acids is 2. The SMILES string of the molecule is CN1C(=O)C2C=C(C(=O)O)C=CC2=[N+](C)C1=O. The molecule has 1 aliphatic heterocycles. The molecule has 88 valence electrons. The zero-order chi connectivity index (χ0) is 12.7. The Bertz CT molecular complexity index is 528. The van der Waals surface area contributed by atoms with E-state index in [0.29, 0.717) is 5.71 Å². The number of carboxylic acids is 1. The van der Waals surface area contributed by atoms with Gasteiger partial charge in [0.2, 0.25) is 0 Å². The largest absolute Gasteiger partial charge is 0.500 e. The summed E-state index contributed by atoms with van der Waals surface area (Å²) in [6.45, 7) is 0. The summed E-state index contributed by atoms with van der Waals surface area (Å²) in [5.74, 6) is -2.19. The van der Waals surface area contributed by atoms with E-state index in [0.717, 1.165) is 4.90 Å². The summed E-state index contributed by atoms with van der Waals surface area (Å²) in [6, 6.07) is -0.418. The Balaban J connectivity index is 2.54. The standard InChI is InChI=1S/C11H10N2O4/c1-12-8-4-3-6(10(15)16)5-7(8)9(14)13(2)11(12)17/h3-5,7H,1-2H3/p+1. The van der Waals surface area contributed by atoms with Crippen LogP contribution in [0.3, 0.4) is 0 Å². The fourth-order valence-corrected chi connectivity index (χ4v) is 1.90. The Labute approximate surface area is 97.1 Å². The van der Waals surface area contributed by atoms with Crippen LogP contribution in [0.2, 0.25) is 0 Å². The van der Waals surface area contributed by atoms with Gasteiger partial charge < -0.3 is 5.11 Å². The number of hydrogen-bond donors (Lipinski definition) is 1. The highest BCUT2D eigenvalue weighted by Crippen LogP contribution is 2.20. The highest BCUT2D eigenvalue weighted by Gasteiger charge is 2.44. The third kappa shape index (κ3) is 1.57. The lowest BCUT2D eigenvalue weighted by Gasteiger charge is -2.23. The molecule has 2 rings (SSSR count). The van der Waals surface area contributed by atoms with E-state index in [4.69, 9.17) is 5.11 Å². The van der Waals surface area contributed by atoms with Crippen LogP contribution >= 0.6 is 0 Å². The predicted molar refractivity (Wildman–Crippen MR) is 57.7 cm³/mol. The molecule has 1 unspecified atom stereocenters. The maximum absolute atomic E-state index is 11.9. The van der Waals surface area contributed by atoms with Gasteiger partial charge in [-0.1, -0.05) is 0 Å². The number of fused-ring (bicyclic) bond motifs is 1. The Kier molecular flexibility index (Phi) is 2.42. The smallest absolute Gasteiger partial charge is 0.478 e. The minimum Gasteiger partial charge on any atom is -0.478 e. The van der Waals surface area contributed by atoms with E-state index in [9.17, 15) is 14.4 Å². The molecule has 1 aliphatic carbocycles. The second kappa shape index (κ2) is 3.65. The van der Waals surface area contributed by atoms with Gasteiger partial charge in [0.1, 0.15) is 11.6 Å². The van der Waals surface area contributed by atoms with Crippen LogP contribution in [0.5, 0.6) is 0 Å². The topological polar surface area (TPSA) is 77.7 Å². The molecule has 0 spiro atoms. The molecule has 6 heteroatoms. The zero-order valence-electron chi connectivity index (χ0n) is 9.38. The van der Waals surface area contributed by atoms with Gasteiger partial charge in [-0.3, -0.25) is 0 Å². The summed E-state index contributed by atoms with van der Waals surface area (Å²) in [4.78, 5) is 35.3. The average Bonchev–Trinajstić information content (AvgIpc) is 2.32. The van der Waals surface area contributed by atoms with E-state index in [-0.39, 0.29) is 5.57 Å². The zero-order valence-corrected chi connectivity index (χ0v) is 9.38. The van der Waals surface area contributed by atoms with Crippen LogP contribution < -0.4 is 0 Å². The van der Waals surface area contributed by atoms with Crippen molar-refractivity contribution in [1.29, 1.82) is 0 Å². The van der Waals surface area contributed by atoms with Crippen LogP contribution in [0.4, 0.5) is 4.79 Å². The third-order valence-electron chi connectivity index (χ3n) is 2.90. The average molecular weight is 235 g/mol. The van der Waals surface area contributed by atoms with Gasteiger partial charge in [0.25, 0.3) is 0 Å². The quantitative estimate of drug-likeness (QED) is 0.641. The van der Waals surface area contributed by atoms with Gasteiger partial charge >= 0.3 is 17.9 Å². The van der Waals surface area contributed by atoms with Crippen LogP contribution in [0.25, 0.3) is 0 Å². The van der Waals surface area contributed by atoms with E-state index >= 15 is 0 Å². The molecule has 0 aromatic heterocycles. The van der Waals surface area contributed by atoms with Gasteiger partial charge in [0.15, 0.2) is 0 Å². The molecule has 0 aromatic carbocycles. The molecule has 0 saturated carbocycles. The normalized spacial score (nSPS) is 23.8. The van der Waals surface area contributed by atoms with E-state index in [1.807, 2.05) is 0 Å². The molecule has 17 heavy (non-hydrogen) atoms. The fraction of sp³-hybridized carbons (Fsp3) is 0.273. The number of aliphatic carboxylic acids is 1. The number of imide groups is 1. The molecule has 0 bridgehead atoms. The first-order chi connectivity index (χ1) is 7.93. The van der Waals surface area contributed by atoms with Crippen molar-refractivity contribution in [2.45, 2.75) is 0 Å². The van der Waals surface area contributed by atoms with Crippen LogP contribution in [0, 0.1) is 5.92 Å². The summed E-state index contributed by atoms with van der Waals surface area (Å²) in [7, 11) is 2.93. The monoisotopic (exact) mass is 235 g/mol. The van der Waals surface area contributed by atoms with Gasteiger partial charge in [-0.15, -0.1) is 0 Å². The molecule has 3 amide bonds. The van der Waals surface area contributed by atoms with Crippen LogP contribution in [0.1, 0.15) is 0 Å². The second-order valence-corrected chi connectivity index (χ2v) is 3.90. The number of allylic oxidation sites excluding steroid dienone is 1. The summed E-state index contributed by atoms with van der Waals surface area (Å²) in [5, 5.41) is 8.86. The van der Waals surface area contributed by atoms with Crippen LogP contribution in [0.15, 0.2) is 23.8 Å². The van der Waals surface area contributed by atoms with Gasteiger partial charge in [-0.25, -0.2) is 9.59 Å². The Hall–Kier alpha value is -2.24. The van der Waals surface area contributed by atoms with Crippen molar-refractivity contribution in [1.82, 2.24) is 4.90 Å². The van der Waals surface area contributed by atoms with Crippen molar-refractivity contribution in [3.05, 3.63) is 23.8 Å². The second-order valence-electron chi connectivity index (χ2n) is 3.90. The van der Waals surface area contributed by atoms with Crippen molar-refractivity contribution in [2.24, 2.45) is 5.92 Å². The number of rotatable bonds is 1. The van der Waals surface area contributed by atoms with Gasteiger partial charge in [-0.05, 0) is 18.2 Å². The summed E-state index contributed by atoms with van der Waals surface area (Å²) in [5.41, 5.74) is 0.561. The number of hydrogen-bond acceptors (Lipinski definition) is 3. The highest BCUT2D eigenvalue weighted by molar-refractivity contribution is 6.17. The maximum atomic E-state index is 11.9. The Morgan fingerprint density at radius 3 is 2.65 bits per heavy atom. The lowest BCUT2D eigenvalue weighted by molar-refractivity contribution is -0.405. The Morgan fingerprint density at radius 1 is 1.41 bits per heavy atom. The summed E-state index contributed by atoms with van der Waals surface area (Å²) >= 11 is 0. The molecule has 2 aliphatic rings. The number of amides is 3. The predicted octanol–water partition coefficient (Wildman–Crippen LogP) is -0.141. The molecule has 0 fully saturated rings. The van der Waals surface area contributed by atoms with E-state index < -0.39 is 23.8 Å². The molecular weight excluding hydrogens is 224 g/mol.